The number of aryl methyl sites for hydroxylation is 1. The van der Waals surface area contributed by atoms with E-state index in [2.05, 4.69) is 36.6 Å². The molecule has 1 aromatic carbocycles. The molecule has 4 nitrogen and oxygen atoms in total. The van der Waals surface area contributed by atoms with Crippen molar-refractivity contribution in [1.82, 2.24) is 0 Å². The van der Waals surface area contributed by atoms with Crippen LogP contribution >= 0.6 is 11.3 Å². The maximum atomic E-state index is 11.4. The van der Waals surface area contributed by atoms with Gasteiger partial charge in [-0.05, 0) is 43.7 Å². The minimum Gasteiger partial charge on any atom is -0.397 e. The van der Waals surface area contributed by atoms with Crippen LogP contribution in [0.2, 0.25) is 0 Å². The van der Waals surface area contributed by atoms with Crippen molar-refractivity contribution >= 4 is 34.3 Å². The molecular weight excluding hydrogens is 282 g/mol. The maximum absolute atomic E-state index is 11.4. The molecule has 1 aromatic heterocycles. The number of hydrogen-bond acceptors (Lipinski definition) is 4. The number of anilines is 3. The van der Waals surface area contributed by atoms with E-state index in [4.69, 9.17) is 5.73 Å². The maximum Gasteiger partial charge on any atom is 0.228 e. The molecule has 0 bridgehead atoms. The summed E-state index contributed by atoms with van der Waals surface area (Å²) in [5.74, 6) is 0.0312. The summed E-state index contributed by atoms with van der Waals surface area (Å²) in [7, 11) is 0. The molecule has 1 aliphatic heterocycles. The average molecular weight is 301 g/mol. The Morgan fingerprint density at radius 1 is 1.43 bits per heavy atom. The molecule has 0 saturated carbocycles. The summed E-state index contributed by atoms with van der Waals surface area (Å²) in [6.07, 6.45) is 1.38. The molecule has 3 rings (SSSR count). The third-order valence-corrected chi connectivity index (χ3v) is 4.63. The first kappa shape index (κ1) is 13.9. The normalized spacial score (nSPS) is 14.7. The number of benzene rings is 1. The molecule has 1 amide bonds. The van der Waals surface area contributed by atoms with Crippen molar-refractivity contribution in [3.63, 3.8) is 0 Å². The van der Waals surface area contributed by atoms with E-state index < -0.39 is 0 Å². The van der Waals surface area contributed by atoms with Crippen molar-refractivity contribution in [2.24, 2.45) is 0 Å². The molecule has 110 valence electrons. The van der Waals surface area contributed by atoms with Crippen LogP contribution in [0.3, 0.4) is 0 Å². The monoisotopic (exact) mass is 301 g/mol. The molecule has 1 aliphatic rings. The van der Waals surface area contributed by atoms with Gasteiger partial charge < -0.3 is 16.4 Å². The summed E-state index contributed by atoms with van der Waals surface area (Å²) < 4.78 is 0. The van der Waals surface area contributed by atoms with E-state index in [-0.39, 0.29) is 11.9 Å². The van der Waals surface area contributed by atoms with Gasteiger partial charge in [0, 0.05) is 27.9 Å². The van der Waals surface area contributed by atoms with Crippen LogP contribution in [0.15, 0.2) is 24.3 Å². The van der Waals surface area contributed by atoms with E-state index in [9.17, 15) is 4.79 Å². The standard InChI is InChI=1S/C16H19N3OS/c1-9(5-12-4-3-10(2)21-12)18-15-8-14-11(6-13(15)17)7-16(20)19-14/h3-4,6,8-9,18H,5,7,17H2,1-2H3,(H,19,20). The Kier molecular flexibility index (Phi) is 3.59. The highest BCUT2D eigenvalue weighted by atomic mass is 32.1. The molecule has 2 aromatic rings. The largest absolute Gasteiger partial charge is 0.397 e. The number of carbonyl (C=O) groups is 1. The summed E-state index contributed by atoms with van der Waals surface area (Å²) in [4.78, 5) is 14.1. The van der Waals surface area contributed by atoms with Crippen LogP contribution in [0.25, 0.3) is 0 Å². The number of nitrogens with two attached hydrogens (primary N) is 1. The van der Waals surface area contributed by atoms with Crippen LogP contribution in [0.1, 0.15) is 22.2 Å². The zero-order valence-corrected chi connectivity index (χ0v) is 13.0. The van der Waals surface area contributed by atoms with E-state index in [0.717, 1.165) is 23.4 Å². The molecular formula is C16H19N3OS. The van der Waals surface area contributed by atoms with Gasteiger partial charge in [0.05, 0.1) is 17.8 Å². The number of rotatable bonds is 4. The van der Waals surface area contributed by atoms with Crippen molar-refractivity contribution in [3.8, 4) is 0 Å². The number of fused-ring (bicyclic) bond motifs is 1. The van der Waals surface area contributed by atoms with E-state index >= 15 is 0 Å². The van der Waals surface area contributed by atoms with Crippen molar-refractivity contribution in [2.45, 2.75) is 32.7 Å². The first-order chi connectivity index (χ1) is 10.0. The van der Waals surface area contributed by atoms with Crippen molar-refractivity contribution in [2.75, 3.05) is 16.4 Å². The second-order valence-electron chi connectivity index (χ2n) is 5.58. The minimum atomic E-state index is 0.0312. The van der Waals surface area contributed by atoms with Crippen molar-refractivity contribution in [3.05, 3.63) is 39.6 Å². The molecule has 1 atom stereocenters. The second-order valence-corrected chi connectivity index (χ2v) is 6.96. The van der Waals surface area contributed by atoms with Gasteiger partial charge >= 0.3 is 0 Å². The first-order valence-corrected chi connectivity index (χ1v) is 7.87. The Hall–Kier alpha value is -2.01. The molecule has 0 fully saturated rings. The van der Waals surface area contributed by atoms with Gasteiger partial charge in [0.15, 0.2) is 0 Å². The quantitative estimate of drug-likeness (QED) is 0.760. The molecule has 0 aliphatic carbocycles. The third kappa shape index (κ3) is 3.03. The molecule has 21 heavy (non-hydrogen) atoms. The Labute approximate surface area is 128 Å². The fraction of sp³-hybridized carbons (Fsp3) is 0.312. The molecule has 5 heteroatoms. The van der Waals surface area contributed by atoms with Gasteiger partial charge in [-0.2, -0.15) is 0 Å². The van der Waals surface area contributed by atoms with Crippen molar-refractivity contribution in [1.29, 1.82) is 0 Å². The Bertz CT molecular complexity index is 693. The van der Waals surface area contributed by atoms with E-state index in [1.165, 1.54) is 9.75 Å². The van der Waals surface area contributed by atoms with Gasteiger partial charge in [0.2, 0.25) is 5.91 Å². The number of hydrogen-bond donors (Lipinski definition) is 3. The summed E-state index contributed by atoms with van der Waals surface area (Å²) in [5, 5.41) is 6.30. The van der Waals surface area contributed by atoms with Crippen LogP contribution in [-0.2, 0) is 17.6 Å². The smallest absolute Gasteiger partial charge is 0.228 e. The summed E-state index contributed by atoms with van der Waals surface area (Å²) >= 11 is 1.82. The highest BCUT2D eigenvalue weighted by Gasteiger charge is 2.19. The average Bonchev–Trinajstić information content (AvgIpc) is 2.95. The number of nitrogen functional groups attached to an aromatic ring is 1. The van der Waals surface area contributed by atoms with Crippen LogP contribution in [-0.4, -0.2) is 11.9 Å². The lowest BCUT2D eigenvalue weighted by Crippen LogP contribution is -2.18. The lowest BCUT2D eigenvalue weighted by molar-refractivity contribution is -0.115. The second kappa shape index (κ2) is 5.41. The van der Waals surface area contributed by atoms with Gasteiger partial charge in [0.1, 0.15) is 0 Å². The highest BCUT2D eigenvalue weighted by molar-refractivity contribution is 7.11. The number of carbonyl (C=O) groups excluding carboxylic acids is 1. The summed E-state index contributed by atoms with van der Waals surface area (Å²) in [6, 6.07) is 8.42. The number of amides is 1. The van der Waals surface area contributed by atoms with Crippen molar-refractivity contribution < 1.29 is 4.79 Å². The van der Waals surface area contributed by atoms with Crippen LogP contribution in [0.4, 0.5) is 17.1 Å². The third-order valence-electron chi connectivity index (χ3n) is 3.61. The molecule has 1 unspecified atom stereocenters. The lowest BCUT2D eigenvalue weighted by atomic mass is 10.1. The van der Waals surface area contributed by atoms with Crippen LogP contribution in [0, 0.1) is 6.92 Å². The zero-order valence-electron chi connectivity index (χ0n) is 12.2. The number of thiophene rings is 1. The van der Waals surface area contributed by atoms with Gasteiger partial charge in [0.25, 0.3) is 0 Å². The SMILES string of the molecule is Cc1ccc(CC(C)Nc2cc3c(cc2N)CC(=O)N3)s1. The van der Waals surface area contributed by atoms with Gasteiger partial charge in [-0.1, -0.05) is 0 Å². The lowest BCUT2D eigenvalue weighted by Gasteiger charge is -2.17. The predicted molar refractivity (Wildman–Crippen MR) is 89.0 cm³/mol. The Balaban J connectivity index is 1.73. The summed E-state index contributed by atoms with van der Waals surface area (Å²) in [6.45, 7) is 4.26. The van der Waals surface area contributed by atoms with E-state index in [1.807, 2.05) is 23.5 Å². The Morgan fingerprint density at radius 3 is 2.95 bits per heavy atom. The van der Waals surface area contributed by atoms with Gasteiger partial charge in [-0.25, -0.2) is 0 Å². The van der Waals surface area contributed by atoms with Gasteiger partial charge in [-0.15, -0.1) is 11.3 Å². The summed E-state index contributed by atoms with van der Waals surface area (Å²) in [5.41, 5.74) is 9.51. The Morgan fingerprint density at radius 2 is 2.24 bits per heavy atom. The predicted octanol–water partition coefficient (Wildman–Crippen LogP) is 3.18. The fourth-order valence-corrected chi connectivity index (χ4v) is 3.65. The molecule has 0 spiro atoms. The zero-order chi connectivity index (χ0) is 15.0. The molecule has 0 radical (unpaired) electrons. The molecule has 4 N–H and O–H groups in total. The molecule has 2 heterocycles. The first-order valence-electron chi connectivity index (χ1n) is 7.05. The van der Waals surface area contributed by atoms with Crippen LogP contribution in [0.5, 0.6) is 0 Å². The van der Waals surface area contributed by atoms with Gasteiger partial charge in [-0.3, -0.25) is 4.79 Å². The number of nitrogens with one attached hydrogen (secondary N) is 2. The minimum absolute atomic E-state index is 0.0312. The van der Waals surface area contributed by atoms with E-state index in [1.54, 1.807) is 0 Å². The highest BCUT2D eigenvalue weighted by Crippen LogP contribution is 2.32. The topological polar surface area (TPSA) is 67.1 Å². The molecule has 0 saturated heterocycles. The van der Waals surface area contributed by atoms with E-state index in [0.29, 0.717) is 12.1 Å². The fourth-order valence-electron chi connectivity index (χ4n) is 2.63. The van der Waals surface area contributed by atoms with Crippen LogP contribution < -0.4 is 16.4 Å².